The number of carbonyl (C=O) groups is 2. The Balaban J connectivity index is 2.09. The summed E-state index contributed by atoms with van der Waals surface area (Å²) >= 11 is 6.18. The van der Waals surface area contributed by atoms with Crippen LogP contribution in [0.1, 0.15) is 31.2 Å². The quantitative estimate of drug-likeness (QED) is 0.829. The van der Waals surface area contributed by atoms with E-state index in [1.807, 2.05) is 0 Å². The van der Waals surface area contributed by atoms with E-state index in [-0.39, 0.29) is 22.0 Å². The van der Waals surface area contributed by atoms with Crippen LogP contribution in [0.3, 0.4) is 0 Å². The molecule has 2 aromatic rings. The number of benzene rings is 1. The molecule has 2 heterocycles. The van der Waals surface area contributed by atoms with Gasteiger partial charge in [-0.25, -0.2) is 9.18 Å². The molecule has 7 nitrogen and oxygen atoms in total. The van der Waals surface area contributed by atoms with Gasteiger partial charge in [0.05, 0.1) is 11.6 Å². The van der Waals surface area contributed by atoms with Crippen molar-refractivity contribution < 1.29 is 18.5 Å². The molecule has 0 aliphatic carbocycles. The molecule has 9 heteroatoms. The number of anilines is 1. The molecule has 0 radical (unpaired) electrons. The normalized spacial score (nSPS) is 17.1. The maximum absolute atomic E-state index is 14.5. The van der Waals surface area contributed by atoms with Gasteiger partial charge in [0.1, 0.15) is 11.6 Å². The standard InChI is InChI=1S/C18H18ClFN4O3/c1-4-24-10(3)14(17(25)21-13-8-9(2)27-23-13)16(22-18(24)26)15-11(19)6-5-7-12(15)20/h5-8,16H,4H2,1-3H3,(H,22,26)(H,21,23,25). The van der Waals surface area contributed by atoms with E-state index in [0.717, 1.165) is 0 Å². The summed E-state index contributed by atoms with van der Waals surface area (Å²) in [5, 5.41) is 9.13. The van der Waals surface area contributed by atoms with E-state index in [2.05, 4.69) is 15.8 Å². The number of urea groups is 1. The van der Waals surface area contributed by atoms with Crippen molar-refractivity contribution in [1.82, 2.24) is 15.4 Å². The van der Waals surface area contributed by atoms with Crippen LogP contribution >= 0.6 is 11.6 Å². The Morgan fingerprint density at radius 3 is 2.78 bits per heavy atom. The molecular formula is C18H18ClFN4O3. The molecule has 0 bridgehead atoms. The Labute approximate surface area is 160 Å². The molecule has 0 saturated carbocycles. The third-order valence-corrected chi connectivity index (χ3v) is 4.64. The number of halogens is 2. The maximum Gasteiger partial charge on any atom is 0.322 e. The minimum absolute atomic E-state index is 0.0316. The molecule has 1 aromatic carbocycles. The molecular weight excluding hydrogens is 375 g/mol. The zero-order valence-electron chi connectivity index (χ0n) is 15.0. The van der Waals surface area contributed by atoms with Crippen LogP contribution in [0, 0.1) is 12.7 Å². The monoisotopic (exact) mass is 392 g/mol. The number of aromatic nitrogens is 1. The lowest BCUT2D eigenvalue weighted by Crippen LogP contribution is -2.48. The van der Waals surface area contributed by atoms with Crippen molar-refractivity contribution >= 4 is 29.4 Å². The van der Waals surface area contributed by atoms with E-state index in [4.69, 9.17) is 16.1 Å². The highest BCUT2D eigenvalue weighted by molar-refractivity contribution is 6.31. The van der Waals surface area contributed by atoms with Gasteiger partial charge in [0, 0.05) is 28.9 Å². The van der Waals surface area contributed by atoms with E-state index < -0.39 is 23.8 Å². The first-order valence-electron chi connectivity index (χ1n) is 8.30. The lowest BCUT2D eigenvalue weighted by Gasteiger charge is -2.35. The second-order valence-electron chi connectivity index (χ2n) is 6.04. The number of amides is 3. The van der Waals surface area contributed by atoms with Crippen molar-refractivity contribution in [2.24, 2.45) is 0 Å². The lowest BCUT2D eigenvalue weighted by molar-refractivity contribution is -0.113. The van der Waals surface area contributed by atoms with Gasteiger partial charge in [-0.2, -0.15) is 0 Å². The number of nitrogens with one attached hydrogen (secondary N) is 2. The molecule has 3 rings (SSSR count). The van der Waals surface area contributed by atoms with Crippen LogP contribution < -0.4 is 10.6 Å². The second kappa shape index (κ2) is 7.40. The predicted molar refractivity (Wildman–Crippen MR) is 97.6 cm³/mol. The smallest absolute Gasteiger partial charge is 0.322 e. The highest BCUT2D eigenvalue weighted by Gasteiger charge is 2.37. The summed E-state index contributed by atoms with van der Waals surface area (Å²) < 4.78 is 19.5. The molecule has 1 aliphatic heterocycles. The number of hydrogen-bond acceptors (Lipinski definition) is 4. The number of aryl methyl sites for hydroxylation is 1. The van der Waals surface area contributed by atoms with Crippen LogP contribution in [0.5, 0.6) is 0 Å². The Morgan fingerprint density at radius 1 is 1.44 bits per heavy atom. The number of hydrogen-bond donors (Lipinski definition) is 2. The van der Waals surface area contributed by atoms with Gasteiger partial charge in [-0.15, -0.1) is 0 Å². The zero-order valence-corrected chi connectivity index (χ0v) is 15.7. The first kappa shape index (κ1) is 18.9. The van der Waals surface area contributed by atoms with Crippen molar-refractivity contribution in [3.63, 3.8) is 0 Å². The third-order valence-electron chi connectivity index (χ3n) is 4.32. The van der Waals surface area contributed by atoms with Crippen molar-refractivity contribution in [2.45, 2.75) is 26.8 Å². The minimum atomic E-state index is -1.04. The minimum Gasteiger partial charge on any atom is -0.360 e. The highest BCUT2D eigenvalue weighted by Crippen LogP contribution is 2.36. The van der Waals surface area contributed by atoms with Crippen molar-refractivity contribution in [3.8, 4) is 0 Å². The fraction of sp³-hybridized carbons (Fsp3) is 0.278. The summed E-state index contributed by atoms with van der Waals surface area (Å²) in [7, 11) is 0. The van der Waals surface area contributed by atoms with Crippen LogP contribution in [-0.2, 0) is 4.79 Å². The zero-order chi connectivity index (χ0) is 19.7. The van der Waals surface area contributed by atoms with Crippen LogP contribution in [0.15, 0.2) is 40.1 Å². The molecule has 2 N–H and O–H groups in total. The largest absolute Gasteiger partial charge is 0.360 e. The summed E-state index contributed by atoms with van der Waals surface area (Å²) in [6.07, 6.45) is 0. The average Bonchev–Trinajstić information content (AvgIpc) is 2.99. The lowest BCUT2D eigenvalue weighted by atomic mass is 9.93. The van der Waals surface area contributed by atoms with Crippen molar-refractivity contribution in [3.05, 3.63) is 57.7 Å². The Kier molecular flexibility index (Phi) is 5.18. The molecule has 0 spiro atoms. The molecule has 0 saturated heterocycles. The van der Waals surface area contributed by atoms with E-state index in [0.29, 0.717) is 18.0 Å². The van der Waals surface area contributed by atoms with E-state index in [1.54, 1.807) is 26.8 Å². The van der Waals surface area contributed by atoms with Crippen LogP contribution in [0.25, 0.3) is 0 Å². The summed E-state index contributed by atoms with van der Waals surface area (Å²) in [4.78, 5) is 26.8. The topological polar surface area (TPSA) is 87.5 Å². The van der Waals surface area contributed by atoms with Gasteiger partial charge in [0.25, 0.3) is 5.91 Å². The van der Waals surface area contributed by atoms with E-state index in [9.17, 15) is 14.0 Å². The summed E-state index contributed by atoms with van der Waals surface area (Å²) in [5.41, 5.74) is 0.608. The molecule has 1 aliphatic rings. The fourth-order valence-electron chi connectivity index (χ4n) is 3.07. The number of allylic oxidation sites excluding steroid dienone is 1. The van der Waals surface area contributed by atoms with E-state index >= 15 is 0 Å². The number of carbonyl (C=O) groups excluding carboxylic acids is 2. The Hall–Kier alpha value is -2.87. The van der Waals surface area contributed by atoms with Gasteiger partial charge >= 0.3 is 6.03 Å². The molecule has 3 amide bonds. The van der Waals surface area contributed by atoms with Gasteiger partial charge in [0.15, 0.2) is 5.82 Å². The average molecular weight is 393 g/mol. The van der Waals surface area contributed by atoms with Crippen LogP contribution in [0.4, 0.5) is 15.0 Å². The summed E-state index contributed by atoms with van der Waals surface area (Å²) in [5.74, 6) is -0.412. The molecule has 1 unspecified atom stereocenters. The summed E-state index contributed by atoms with van der Waals surface area (Å²) in [6, 6.07) is 4.27. The van der Waals surface area contributed by atoms with Crippen LogP contribution in [-0.4, -0.2) is 28.5 Å². The number of nitrogens with zero attached hydrogens (tertiary/aromatic N) is 2. The third kappa shape index (κ3) is 3.52. The molecule has 0 fully saturated rings. The fourth-order valence-corrected chi connectivity index (χ4v) is 3.34. The first-order chi connectivity index (χ1) is 12.8. The van der Waals surface area contributed by atoms with Crippen molar-refractivity contribution in [2.75, 3.05) is 11.9 Å². The second-order valence-corrected chi connectivity index (χ2v) is 6.45. The highest BCUT2D eigenvalue weighted by atomic mass is 35.5. The van der Waals surface area contributed by atoms with Crippen LogP contribution in [0.2, 0.25) is 5.02 Å². The summed E-state index contributed by atoms with van der Waals surface area (Å²) in [6.45, 7) is 5.44. The molecule has 142 valence electrons. The van der Waals surface area contributed by atoms with Gasteiger partial charge in [-0.05, 0) is 32.9 Å². The van der Waals surface area contributed by atoms with Gasteiger partial charge in [-0.3, -0.25) is 9.69 Å². The predicted octanol–water partition coefficient (Wildman–Crippen LogP) is 3.77. The Bertz CT molecular complexity index is 920. The van der Waals surface area contributed by atoms with Gasteiger partial charge < -0.3 is 15.2 Å². The Morgan fingerprint density at radius 2 is 2.19 bits per heavy atom. The van der Waals surface area contributed by atoms with Crippen molar-refractivity contribution in [1.29, 1.82) is 0 Å². The van der Waals surface area contributed by atoms with Gasteiger partial charge in [0.2, 0.25) is 0 Å². The maximum atomic E-state index is 14.5. The van der Waals surface area contributed by atoms with Gasteiger partial charge in [-0.1, -0.05) is 22.8 Å². The molecule has 1 aromatic heterocycles. The van der Waals surface area contributed by atoms with E-state index in [1.165, 1.54) is 23.1 Å². The molecule has 1 atom stereocenters. The SMILES string of the molecule is CCN1C(=O)NC(c2c(F)cccc2Cl)C(C(=O)Nc2cc(C)on2)=C1C. The first-order valence-corrected chi connectivity index (χ1v) is 8.68. The molecule has 27 heavy (non-hydrogen) atoms. The number of rotatable bonds is 4.